The number of nitrogens with one attached hydrogen (secondary N) is 1. The Balaban J connectivity index is 3.18. The van der Waals surface area contributed by atoms with Crippen molar-refractivity contribution in [3.8, 4) is 0 Å². The number of rotatable bonds is 7. The van der Waals surface area contributed by atoms with Crippen molar-refractivity contribution < 1.29 is 24.3 Å². The first kappa shape index (κ1) is 12.9. The van der Waals surface area contributed by atoms with Gasteiger partial charge in [-0.15, -0.1) is 11.8 Å². The van der Waals surface area contributed by atoms with Crippen LogP contribution in [0.3, 0.4) is 0 Å². The van der Waals surface area contributed by atoms with E-state index in [1.807, 2.05) is 0 Å². The Morgan fingerprint density at radius 3 is 2.54 bits per heavy atom. The van der Waals surface area contributed by atoms with Gasteiger partial charge in [0.2, 0.25) is 0 Å². The van der Waals surface area contributed by atoms with E-state index in [1.165, 1.54) is 0 Å². The zero-order valence-electron chi connectivity index (χ0n) is 6.84. The van der Waals surface area contributed by atoms with Crippen LogP contribution in [0.1, 0.15) is 0 Å². The molecular weight excluding hydrogens is 217 g/mol. The molecule has 0 spiro atoms. The predicted molar refractivity (Wildman–Crippen MR) is 49.9 cm³/mol. The molecular formula is C5H12NO5PS. The van der Waals surface area contributed by atoms with Crippen molar-refractivity contribution in [3.63, 3.8) is 0 Å². The summed E-state index contributed by atoms with van der Waals surface area (Å²) in [5.74, 6) is -0.460. The van der Waals surface area contributed by atoms with E-state index in [4.69, 9.17) is 14.9 Å². The molecule has 0 bridgehead atoms. The van der Waals surface area contributed by atoms with Gasteiger partial charge in [-0.05, 0) is 0 Å². The van der Waals surface area contributed by atoms with Crippen molar-refractivity contribution in [3.05, 3.63) is 0 Å². The first-order valence-electron chi connectivity index (χ1n) is 3.46. The van der Waals surface area contributed by atoms with Crippen LogP contribution >= 0.6 is 19.4 Å². The SMILES string of the molecule is O=C(O)CNCCSCP(=O)(O)O. The summed E-state index contributed by atoms with van der Waals surface area (Å²) >= 11 is 1.09. The fourth-order valence-electron chi connectivity index (χ4n) is 0.523. The first-order valence-corrected chi connectivity index (χ1v) is 6.42. The fourth-order valence-corrected chi connectivity index (χ4v) is 2.28. The highest BCUT2D eigenvalue weighted by atomic mass is 32.2. The van der Waals surface area contributed by atoms with Gasteiger partial charge >= 0.3 is 13.6 Å². The predicted octanol–water partition coefficient (Wildman–Crippen LogP) is -0.471. The third-order valence-electron chi connectivity index (χ3n) is 0.959. The minimum absolute atomic E-state index is 0.129. The van der Waals surface area contributed by atoms with Crippen LogP contribution in [0.15, 0.2) is 0 Å². The normalized spacial score (nSPS) is 11.5. The van der Waals surface area contributed by atoms with Crippen molar-refractivity contribution in [1.29, 1.82) is 0 Å². The summed E-state index contributed by atoms with van der Waals surface area (Å²) in [6.45, 7) is 0.299. The maximum atomic E-state index is 10.3. The maximum Gasteiger partial charge on any atom is 0.335 e. The van der Waals surface area contributed by atoms with Crippen LogP contribution in [0.5, 0.6) is 0 Å². The van der Waals surface area contributed by atoms with Crippen LogP contribution < -0.4 is 5.32 Å². The zero-order valence-corrected chi connectivity index (χ0v) is 8.55. The Hall–Kier alpha value is -0.0700. The monoisotopic (exact) mass is 229 g/mol. The number of aliphatic carboxylic acids is 1. The number of carboxylic acids is 1. The van der Waals surface area contributed by atoms with Crippen molar-refractivity contribution in [1.82, 2.24) is 5.32 Å². The molecule has 0 aliphatic rings. The van der Waals surface area contributed by atoms with E-state index in [1.54, 1.807) is 0 Å². The van der Waals surface area contributed by atoms with Gasteiger partial charge in [0.15, 0.2) is 0 Å². The number of thioether (sulfide) groups is 1. The van der Waals surface area contributed by atoms with Gasteiger partial charge in [0.05, 0.1) is 12.0 Å². The van der Waals surface area contributed by atoms with Gasteiger partial charge in [0.25, 0.3) is 0 Å². The van der Waals surface area contributed by atoms with Crippen molar-refractivity contribution in [2.75, 3.05) is 24.3 Å². The smallest absolute Gasteiger partial charge is 0.335 e. The van der Waals surface area contributed by atoms with E-state index in [-0.39, 0.29) is 12.0 Å². The summed E-state index contributed by atoms with van der Waals surface area (Å²) in [5, 5.41) is 10.8. The molecule has 6 nitrogen and oxygen atoms in total. The lowest BCUT2D eigenvalue weighted by molar-refractivity contribution is -0.135. The second kappa shape index (κ2) is 6.39. The van der Waals surface area contributed by atoms with Gasteiger partial charge in [0.1, 0.15) is 0 Å². The Morgan fingerprint density at radius 1 is 1.46 bits per heavy atom. The van der Waals surface area contributed by atoms with Crippen molar-refractivity contribution in [2.45, 2.75) is 0 Å². The molecule has 0 atom stereocenters. The minimum atomic E-state index is -3.91. The zero-order chi connectivity index (χ0) is 10.3. The molecule has 0 radical (unpaired) electrons. The Labute approximate surface area is 79.9 Å². The van der Waals surface area contributed by atoms with Gasteiger partial charge in [0, 0.05) is 12.3 Å². The minimum Gasteiger partial charge on any atom is -0.480 e. The lowest BCUT2D eigenvalue weighted by Gasteiger charge is -2.03. The molecule has 78 valence electrons. The lowest BCUT2D eigenvalue weighted by atomic mass is 10.6. The summed E-state index contributed by atoms with van der Waals surface area (Å²) < 4.78 is 10.3. The van der Waals surface area contributed by atoms with E-state index < -0.39 is 13.6 Å². The second-order valence-electron chi connectivity index (χ2n) is 2.27. The van der Waals surface area contributed by atoms with Gasteiger partial charge in [-0.3, -0.25) is 9.36 Å². The van der Waals surface area contributed by atoms with Crippen LogP contribution in [-0.2, 0) is 9.36 Å². The van der Waals surface area contributed by atoms with Gasteiger partial charge < -0.3 is 20.2 Å². The molecule has 8 heteroatoms. The summed E-state index contributed by atoms with van der Waals surface area (Å²) in [4.78, 5) is 26.9. The fraction of sp³-hybridized carbons (Fsp3) is 0.800. The summed E-state index contributed by atoms with van der Waals surface area (Å²) in [5.41, 5.74) is -0.220. The lowest BCUT2D eigenvalue weighted by Crippen LogP contribution is -2.24. The molecule has 0 aromatic carbocycles. The molecule has 0 aliphatic heterocycles. The average Bonchev–Trinajstić information content (AvgIpc) is 1.93. The Bertz CT molecular complexity index is 205. The third-order valence-corrected chi connectivity index (χ3v) is 3.53. The standard InChI is InChI=1S/C5H12NO5PS/c7-5(8)3-6-1-2-13-4-12(9,10)11/h6H,1-4H2,(H,7,8)(H2,9,10,11). The van der Waals surface area contributed by atoms with Crippen LogP contribution in [0, 0.1) is 0 Å². The molecule has 0 saturated carbocycles. The molecule has 0 fully saturated rings. The van der Waals surface area contributed by atoms with E-state index in [0.717, 1.165) is 11.8 Å². The molecule has 13 heavy (non-hydrogen) atoms. The van der Waals surface area contributed by atoms with Crippen LogP contribution in [0.25, 0.3) is 0 Å². The molecule has 0 aromatic heterocycles. The van der Waals surface area contributed by atoms with Crippen molar-refractivity contribution in [2.24, 2.45) is 0 Å². The average molecular weight is 229 g/mol. The molecule has 0 saturated heterocycles. The first-order chi connectivity index (χ1) is 5.92. The van der Waals surface area contributed by atoms with Crippen LogP contribution in [-0.4, -0.2) is 45.2 Å². The molecule has 0 heterocycles. The number of hydrogen-bond acceptors (Lipinski definition) is 4. The summed E-state index contributed by atoms with van der Waals surface area (Å²) in [6, 6.07) is 0. The number of hydrogen-bond donors (Lipinski definition) is 4. The van der Waals surface area contributed by atoms with Crippen LogP contribution in [0.4, 0.5) is 0 Å². The molecule has 0 rings (SSSR count). The molecule has 4 N–H and O–H groups in total. The van der Waals surface area contributed by atoms with E-state index in [9.17, 15) is 9.36 Å². The van der Waals surface area contributed by atoms with Gasteiger partial charge in [-0.2, -0.15) is 0 Å². The van der Waals surface area contributed by atoms with Gasteiger partial charge in [-0.25, -0.2) is 0 Å². The number of carbonyl (C=O) groups is 1. The summed E-state index contributed by atoms with van der Waals surface area (Å²) in [6.07, 6.45) is 0. The molecule has 0 aliphatic carbocycles. The van der Waals surface area contributed by atoms with E-state index in [2.05, 4.69) is 5.32 Å². The Kier molecular flexibility index (Phi) is 6.36. The highest BCUT2D eigenvalue weighted by molar-refractivity contribution is 8.04. The topological polar surface area (TPSA) is 107 Å². The van der Waals surface area contributed by atoms with Crippen LogP contribution in [0.2, 0.25) is 0 Å². The molecule has 0 aromatic rings. The molecule has 0 unspecified atom stereocenters. The third kappa shape index (κ3) is 11.9. The maximum absolute atomic E-state index is 10.3. The number of carboxylic acid groups (broad SMARTS) is 1. The van der Waals surface area contributed by atoms with Gasteiger partial charge in [-0.1, -0.05) is 0 Å². The quantitative estimate of drug-likeness (QED) is 0.345. The van der Waals surface area contributed by atoms with E-state index in [0.29, 0.717) is 12.3 Å². The van der Waals surface area contributed by atoms with E-state index >= 15 is 0 Å². The highest BCUT2D eigenvalue weighted by Gasteiger charge is 2.11. The van der Waals surface area contributed by atoms with Crippen molar-refractivity contribution >= 4 is 25.3 Å². The largest absolute Gasteiger partial charge is 0.480 e. The highest BCUT2D eigenvalue weighted by Crippen LogP contribution is 2.38. The molecule has 0 amide bonds. The summed E-state index contributed by atoms with van der Waals surface area (Å²) in [7, 11) is -3.91. The second-order valence-corrected chi connectivity index (χ2v) is 5.45. The Morgan fingerprint density at radius 2 is 2.08 bits per heavy atom.